The van der Waals surface area contributed by atoms with Gasteiger partial charge >= 0.3 is 11.4 Å². The third-order valence-corrected chi connectivity index (χ3v) is 6.04. The second kappa shape index (κ2) is 12.1. The molecule has 0 saturated heterocycles. The number of halogens is 2. The van der Waals surface area contributed by atoms with E-state index in [9.17, 15) is 38.6 Å². The largest absolute Gasteiger partial charge is 0.495 e. The second-order valence-electron chi connectivity index (χ2n) is 8.58. The zero-order chi connectivity index (χ0) is 30.6. The maximum absolute atomic E-state index is 13.7. The van der Waals surface area contributed by atoms with Gasteiger partial charge in [0.25, 0.3) is 11.8 Å². The smallest absolute Gasteiger partial charge is 0.305 e. The number of nitro benzene ring substituents is 2. The molecule has 14 heteroatoms. The van der Waals surface area contributed by atoms with Gasteiger partial charge in [-0.15, -0.1) is 0 Å². The van der Waals surface area contributed by atoms with Crippen molar-refractivity contribution in [3.63, 3.8) is 0 Å². The molecule has 0 aliphatic heterocycles. The summed E-state index contributed by atoms with van der Waals surface area (Å²) in [5, 5.41) is 27.2. The van der Waals surface area contributed by atoms with Gasteiger partial charge in [-0.2, -0.15) is 8.78 Å². The number of nitrogens with one attached hydrogen (secondary N) is 2. The van der Waals surface area contributed by atoms with E-state index < -0.39 is 44.7 Å². The van der Waals surface area contributed by atoms with Crippen molar-refractivity contribution in [2.24, 2.45) is 0 Å². The predicted molar refractivity (Wildman–Crippen MR) is 147 cm³/mol. The molecule has 4 aromatic carbocycles. The minimum absolute atomic E-state index is 0.133. The van der Waals surface area contributed by atoms with E-state index in [1.165, 1.54) is 26.4 Å². The molecule has 0 bridgehead atoms. The molecule has 0 unspecified atom stereocenters. The van der Waals surface area contributed by atoms with Crippen LogP contribution in [0.15, 0.2) is 72.8 Å². The average molecular weight is 578 g/mol. The molecule has 0 radical (unpaired) electrons. The van der Waals surface area contributed by atoms with E-state index in [1.54, 1.807) is 24.3 Å². The van der Waals surface area contributed by atoms with Gasteiger partial charge in [-0.05, 0) is 59.7 Å². The van der Waals surface area contributed by atoms with Crippen LogP contribution in [0.1, 0.15) is 20.7 Å². The molecule has 2 amide bonds. The molecule has 0 aliphatic rings. The number of hydrogen-bond donors (Lipinski definition) is 2. The van der Waals surface area contributed by atoms with Gasteiger partial charge in [0, 0.05) is 23.3 Å². The highest BCUT2D eigenvalue weighted by Gasteiger charge is 2.20. The van der Waals surface area contributed by atoms with Crippen molar-refractivity contribution >= 4 is 34.6 Å². The summed E-state index contributed by atoms with van der Waals surface area (Å²) in [6.07, 6.45) is 0. The molecule has 0 aromatic heterocycles. The van der Waals surface area contributed by atoms with E-state index in [4.69, 9.17) is 9.47 Å². The van der Waals surface area contributed by atoms with Crippen LogP contribution in [0.5, 0.6) is 11.5 Å². The average Bonchev–Trinajstić information content (AvgIpc) is 2.97. The van der Waals surface area contributed by atoms with Crippen LogP contribution in [0.4, 0.5) is 31.5 Å². The lowest BCUT2D eigenvalue weighted by molar-refractivity contribution is -0.387. The second-order valence-corrected chi connectivity index (χ2v) is 8.58. The number of ether oxygens (including phenoxy) is 2. The van der Waals surface area contributed by atoms with Crippen molar-refractivity contribution in [3.05, 3.63) is 116 Å². The van der Waals surface area contributed by atoms with Crippen LogP contribution in [0.25, 0.3) is 11.1 Å². The Morgan fingerprint density at radius 3 is 1.36 bits per heavy atom. The van der Waals surface area contributed by atoms with Crippen LogP contribution in [0, 0.1) is 31.9 Å². The van der Waals surface area contributed by atoms with Crippen molar-refractivity contribution in [1.29, 1.82) is 0 Å². The Labute approximate surface area is 235 Å². The van der Waals surface area contributed by atoms with E-state index in [1.807, 2.05) is 0 Å². The van der Waals surface area contributed by atoms with Crippen LogP contribution < -0.4 is 20.1 Å². The Morgan fingerprint density at radius 2 is 1.02 bits per heavy atom. The van der Waals surface area contributed by atoms with Crippen LogP contribution in [0.3, 0.4) is 0 Å². The Bertz CT molecular complexity index is 1620. The molecule has 0 spiro atoms. The fourth-order valence-corrected chi connectivity index (χ4v) is 3.92. The number of hydrogen-bond acceptors (Lipinski definition) is 8. The number of carbonyl (C=O) groups is 2. The van der Waals surface area contributed by atoms with Gasteiger partial charge in [0.15, 0.2) is 0 Å². The number of rotatable bonds is 9. The van der Waals surface area contributed by atoms with Gasteiger partial charge in [0.2, 0.25) is 11.6 Å². The summed E-state index contributed by atoms with van der Waals surface area (Å²) in [6, 6.07) is 15.1. The summed E-state index contributed by atoms with van der Waals surface area (Å²) >= 11 is 0. The van der Waals surface area contributed by atoms with Crippen LogP contribution in [-0.2, 0) is 0 Å². The summed E-state index contributed by atoms with van der Waals surface area (Å²) in [7, 11) is 2.74. The summed E-state index contributed by atoms with van der Waals surface area (Å²) in [4.78, 5) is 45.5. The predicted octanol–water partition coefficient (Wildman–Crippen LogP) is 5.97. The van der Waals surface area contributed by atoms with Gasteiger partial charge in [-0.1, -0.05) is 12.1 Å². The van der Waals surface area contributed by atoms with E-state index in [0.29, 0.717) is 11.1 Å². The van der Waals surface area contributed by atoms with Gasteiger partial charge in [-0.25, -0.2) is 0 Å². The van der Waals surface area contributed by atoms with Crippen molar-refractivity contribution < 1.29 is 37.7 Å². The molecule has 2 N–H and O–H groups in total. The van der Waals surface area contributed by atoms with E-state index >= 15 is 0 Å². The Kier molecular flexibility index (Phi) is 8.36. The lowest BCUT2D eigenvalue weighted by Crippen LogP contribution is -2.13. The highest BCUT2D eigenvalue weighted by molar-refractivity contribution is 6.06. The van der Waals surface area contributed by atoms with E-state index in [0.717, 1.165) is 36.4 Å². The van der Waals surface area contributed by atoms with Gasteiger partial charge < -0.3 is 20.1 Å². The lowest BCUT2D eigenvalue weighted by atomic mass is 10.0. The first-order valence-electron chi connectivity index (χ1n) is 11.9. The summed E-state index contributed by atoms with van der Waals surface area (Å²) < 4.78 is 38.1. The van der Waals surface area contributed by atoms with E-state index in [2.05, 4.69) is 10.6 Å². The van der Waals surface area contributed by atoms with Crippen LogP contribution >= 0.6 is 0 Å². The minimum Gasteiger partial charge on any atom is -0.495 e. The monoisotopic (exact) mass is 578 g/mol. The molecule has 12 nitrogen and oxygen atoms in total. The first-order chi connectivity index (χ1) is 20.0. The fraction of sp³-hybridized carbons (Fsp3) is 0.0714. The summed E-state index contributed by atoms with van der Waals surface area (Å²) in [6.45, 7) is 0. The normalized spacial score (nSPS) is 10.5. The van der Waals surface area contributed by atoms with Gasteiger partial charge in [0.1, 0.15) is 11.5 Å². The van der Waals surface area contributed by atoms with Crippen molar-refractivity contribution in [3.8, 4) is 22.6 Å². The van der Waals surface area contributed by atoms with E-state index in [-0.39, 0.29) is 34.0 Å². The van der Waals surface area contributed by atoms with Gasteiger partial charge in [-0.3, -0.25) is 29.8 Å². The maximum atomic E-state index is 13.7. The molecule has 42 heavy (non-hydrogen) atoms. The lowest BCUT2D eigenvalue weighted by Gasteiger charge is -2.14. The molecule has 214 valence electrons. The molecule has 4 rings (SSSR count). The number of nitrogens with zero attached hydrogens (tertiary/aromatic N) is 2. The molecular formula is C28H20F2N4O8. The molecular weight excluding hydrogens is 558 g/mol. The topological polar surface area (TPSA) is 163 Å². The van der Waals surface area contributed by atoms with Gasteiger partial charge in [0.05, 0.1) is 35.4 Å². The number of nitro groups is 2. The van der Waals surface area contributed by atoms with Crippen LogP contribution in [-0.4, -0.2) is 35.9 Å². The summed E-state index contributed by atoms with van der Waals surface area (Å²) in [5.41, 5.74) is -0.223. The Balaban J connectivity index is 1.56. The van der Waals surface area contributed by atoms with Crippen molar-refractivity contribution in [2.75, 3.05) is 24.9 Å². The number of amides is 2. The Morgan fingerprint density at radius 1 is 0.643 bits per heavy atom. The number of benzene rings is 4. The third-order valence-electron chi connectivity index (χ3n) is 6.04. The maximum Gasteiger partial charge on any atom is 0.305 e. The standard InChI is InChI=1S/C28H20F2N4O8/c1-41-25-13-15(5-9-21(25)31-27(35)17-3-7-19(29)23(11-17)33(37)38)16-6-10-22(26(14-16)42-2)32-28(36)18-4-8-20(30)24(12-18)34(39)40/h3-14H,1-2H3,(H,31,35)(H,32,36). The number of methoxy groups -OCH3 is 2. The first kappa shape index (κ1) is 29.1. The molecule has 0 fully saturated rings. The SMILES string of the molecule is COc1cc(-c2ccc(NC(=O)c3ccc(F)c([N+](=O)[O-])c3)c(OC)c2)ccc1NC(=O)c1ccc(F)c([N+](=O)[O-])c1. The molecule has 0 saturated carbocycles. The minimum atomic E-state index is -1.07. The quantitative estimate of drug-likeness (QED) is 0.181. The first-order valence-corrected chi connectivity index (χ1v) is 11.9. The van der Waals surface area contributed by atoms with Crippen molar-refractivity contribution in [1.82, 2.24) is 0 Å². The number of anilines is 2. The molecule has 0 heterocycles. The molecule has 4 aromatic rings. The zero-order valence-electron chi connectivity index (χ0n) is 21.8. The zero-order valence-corrected chi connectivity index (χ0v) is 21.8. The highest BCUT2D eigenvalue weighted by Crippen LogP contribution is 2.35. The fourth-order valence-electron chi connectivity index (χ4n) is 3.92. The molecule has 0 aliphatic carbocycles. The Hall–Kier alpha value is -5.92. The third kappa shape index (κ3) is 6.12. The molecule has 0 atom stereocenters. The van der Waals surface area contributed by atoms with Crippen molar-refractivity contribution in [2.45, 2.75) is 0 Å². The van der Waals surface area contributed by atoms with Crippen LogP contribution in [0.2, 0.25) is 0 Å². The number of carbonyl (C=O) groups excluding carboxylic acids is 2. The highest BCUT2D eigenvalue weighted by atomic mass is 19.1. The summed E-state index contributed by atoms with van der Waals surface area (Å²) in [5.74, 6) is -3.11.